The molecule has 0 radical (unpaired) electrons. The summed E-state index contributed by atoms with van der Waals surface area (Å²) in [5, 5.41) is 2.30. The number of carbonyl (C=O) groups is 1. The molecule has 0 aliphatic heterocycles. The number of rotatable bonds is 4. The molecule has 2 unspecified atom stereocenters. The van der Waals surface area contributed by atoms with Gasteiger partial charge in [0.15, 0.2) is 0 Å². The highest BCUT2D eigenvalue weighted by Crippen LogP contribution is 2.34. The van der Waals surface area contributed by atoms with Crippen molar-refractivity contribution in [3.05, 3.63) is 0 Å². The fourth-order valence-electron chi connectivity index (χ4n) is 1.36. The molecule has 1 fully saturated rings. The molecule has 0 spiro atoms. The SMILES string of the molecule is CCCC1CC1NC(=O)C(F)F. The van der Waals surface area contributed by atoms with Crippen molar-refractivity contribution in [1.82, 2.24) is 5.32 Å². The monoisotopic (exact) mass is 177 g/mol. The second-order valence-corrected chi connectivity index (χ2v) is 3.20. The summed E-state index contributed by atoms with van der Waals surface area (Å²) in [6.07, 6.45) is 0.0690. The molecule has 0 saturated heterocycles. The number of amides is 1. The first-order chi connectivity index (χ1) is 5.65. The van der Waals surface area contributed by atoms with Crippen molar-refractivity contribution in [1.29, 1.82) is 0 Å². The topological polar surface area (TPSA) is 29.1 Å². The van der Waals surface area contributed by atoms with Crippen molar-refractivity contribution < 1.29 is 13.6 Å². The lowest BCUT2D eigenvalue weighted by Gasteiger charge is -2.01. The van der Waals surface area contributed by atoms with Crippen molar-refractivity contribution in [3.8, 4) is 0 Å². The largest absolute Gasteiger partial charge is 0.348 e. The Morgan fingerprint density at radius 1 is 1.67 bits per heavy atom. The van der Waals surface area contributed by atoms with E-state index >= 15 is 0 Å². The first kappa shape index (κ1) is 9.42. The van der Waals surface area contributed by atoms with Crippen LogP contribution in [0, 0.1) is 5.92 Å². The summed E-state index contributed by atoms with van der Waals surface area (Å²) in [6.45, 7) is 2.05. The van der Waals surface area contributed by atoms with Gasteiger partial charge >= 0.3 is 6.43 Å². The third-order valence-electron chi connectivity index (χ3n) is 2.11. The lowest BCUT2D eigenvalue weighted by molar-refractivity contribution is -0.131. The zero-order chi connectivity index (χ0) is 9.14. The first-order valence-corrected chi connectivity index (χ1v) is 4.23. The van der Waals surface area contributed by atoms with Gasteiger partial charge in [0, 0.05) is 6.04 Å². The van der Waals surface area contributed by atoms with Gasteiger partial charge in [0.2, 0.25) is 0 Å². The fraction of sp³-hybridized carbons (Fsp3) is 0.875. The number of nitrogens with one attached hydrogen (secondary N) is 1. The maximum Gasteiger partial charge on any atom is 0.315 e. The Hall–Kier alpha value is -0.670. The number of alkyl halides is 2. The van der Waals surface area contributed by atoms with Crippen LogP contribution in [0.5, 0.6) is 0 Å². The zero-order valence-corrected chi connectivity index (χ0v) is 7.02. The minimum Gasteiger partial charge on any atom is -0.348 e. The van der Waals surface area contributed by atoms with Gasteiger partial charge in [-0.2, -0.15) is 8.78 Å². The van der Waals surface area contributed by atoms with Crippen LogP contribution < -0.4 is 5.32 Å². The molecule has 0 aromatic heterocycles. The van der Waals surface area contributed by atoms with Crippen LogP contribution in [0.2, 0.25) is 0 Å². The van der Waals surface area contributed by atoms with Gasteiger partial charge in [-0.15, -0.1) is 0 Å². The summed E-state index contributed by atoms with van der Waals surface area (Å²) in [6, 6.07) is 0.0199. The lowest BCUT2D eigenvalue weighted by Crippen LogP contribution is -2.32. The number of halogens is 2. The van der Waals surface area contributed by atoms with Crippen LogP contribution in [-0.4, -0.2) is 18.4 Å². The minimum absolute atomic E-state index is 0.0199. The average molecular weight is 177 g/mol. The molecular formula is C8H13F2NO. The molecule has 1 aliphatic carbocycles. The van der Waals surface area contributed by atoms with E-state index < -0.39 is 12.3 Å². The average Bonchev–Trinajstić information content (AvgIpc) is 2.68. The van der Waals surface area contributed by atoms with Crippen molar-refractivity contribution in [3.63, 3.8) is 0 Å². The molecule has 1 amide bonds. The summed E-state index contributed by atoms with van der Waals surface area (Å²) in [4.78, 5) is 10.5. The van der Waals surface area contributed by atoms with Gasteiger partial charge in [-0.1, -0.05) is 13.3 Å². The van der Waals surface area contributed by atoms with Crippen molar-refractivity contribution >= 4 is 5.91 Å². The molecule has 0 aromatic rings. The maximum absolute atomic E-state index is 11.7. The predicted octanol–water partition coefficient (Wildman–Crippen LogP) is 1.56. The first-order valence-electron chi connectivity index (χ1n) is 4.23. The van der Waals surface area contributed by atoms with E-state index in [-0.39, 0.29) is 6.04 Å². The second-order valence-electron chi connectivity index (χ2n) is 3.20. The summed E-state index contributed by atoms with van der Waals surface area (Å²) in [5.74, 6) is -0.684. The van der Waals surface area contributed by atoms with Crippen molar-refractivity contribution in [2.75, 3.05) is 0 Å². The number of hydrogen-bond donors (Lipinski definition) is 1. The molecule has 0 aromatic carbocycles. The quantitative estimate of drug-likeness (QED) is 0.693. The molecule has 1 rings (SSSR count). The minimum atomic E-state index is -2.87. The molecule has 0 heterocycles. The maximum atomic E-state index is 11.7. The second kappa shape index (κ2) is 3.83. The number of hydrogen-bond acceptors (Lipinski definition) is 1. The van der Waals surface area contributed by atoms with Crippen LogP contribution in [0.3, 0.4) is 0 Å². The standard InChI is InChI=1S/C8H13F2NO/c1-2-3-5-4-6(5)11-8(12)7(9)10/h5-7H,2-4H2,1H3,(H,11,12). The Balaban J connectivity index is 2.14. The predicted molar refractivity (Wildman–Crippen MR) is 40.9 cm³/mol. The van der Waals surface area contributed by atoms with Crippen molar-refractivity contribution in [2.45, 2.75) is 38.7 Å². The normalized spacial score (nSPS) is 27.3. The Morgan fingerprint density at radius 2 is 2.33 bits per heavy atom. The van der Waals surface area contributed by atoms with Gasteiger partial charge in [-0.3, -0.25) is 4.79 Å². The summed E-state index contributed by atoms with van der Waals surface area (Å²) >= 11 is 0. The molecule has 1 saturated carbocycles. The smallest absolute Gasteiger partial charge is 0.315 e. The van der Waals surface area contributed by atoms with Crippen LogP contribution in [0.4, 0.5) is 8.78 Å². The molecule has 4 heteroatoms. The van der Waals surface area contributed by atoms with E-state index in [2.05, 4.69) is 5.32 Å². The summed E-state index contributed by atoms with van der Waals surface area (Å²) in [5.41, 5.74) is 0. The third kappa shape index (κ3) is 2.43. The van der Waals surface area contributed by atoms with E-state index in [1.54, 1.807) is 0 Å². The molecule has 0 bridgehead atoms. The van der Waals surface area contributed by atoms with Gasteiger partial charge in [0.1, 0.15) is 0 Å². The summed E-state index contributed by atoms with van der Waals surface area (Å²) < 4.78 is 23.4. The van der Waals surface area contributed by atoms with Crippen LogP contribution in [-0.2, 0) is 4.79 Å². The van der Waals surface area contributed by atoms with E-state index in [1.807, 2.05) is 6.92 Å². The Bertz CT molecular complexity index is 172. The zero-order valence-electron chi connectivity index (χ0n) is 7.02. The Morgan fingerprint density at radius 3 is 2.83 bits per heavy atom. The van der Waals surface area contributed by atoms with Gasteiger partial charge in [-0.25, -0.2) is 0 Å². The highest BCUT2D eigenvalue weighted by Gasteiger charge is 2.38. The lowest BCUT2D eigenvalue weighted by atomic mass is 10.2. The van der Waals surface area contributed by atoms with E-state index in [9.17, 15) is 13.6 Å². The molecular weight excluding hydrogens is 164 g/mol. The molecule has 12 heavy (non-hydrogen) atoms. The van der Waals surface area contributed by atoms with Crippen LogP contribution in [0.15, 0.2) is 0 Å². The van der Waals surface area contributed by atoms with E-state index in [0.29, 0.717) is 5.92 Å². The third-order valence-corrected chi connectivity index (χ3v) is 2.11. The molecule has 1 N–H and O–H groups in total. The van der Waals surface area contributed by atoms with E-state index in [0.717, 1.165) is 19.3 Å². The Kier molecular flexibility index (Phi) is 3.00. The molecule has 70 valence electrons. The van der Waals surface area contributed by atoms with Gasteiger partial charge < -0.3 is 5.32 Å². The van der Waals surface area contributed by atoms with E-state index in [1.165, 1.54) is 0 Å². The highest BCUT2D eigenvalue weighted by molar-refractivity contribution is 5.79. The molecule has 1 aliphatic rings. The van der Waals surface area contributed by atoms with Crippen LogP contribution in [0.1, 0.15) is 26.2 Å². The highest BCUT2D eigenvalue weighted by atomic mass is 19.3. The van der Waals surface area contributed by atoms with Gasteiger partial charge in [-0.05, 0) is 18.8 Å². The molecule has 2 atom stereocenters. The summed E-state index contributed by atoms with van der Waals surface area (Å²) in [7, 11) is 0. The van der Waals surface area contributed by atoms with Crippen LogP contribution >= 0.6 is 0 Å². The Labute approximate surface area is 70.3 Å². The van der Waals surface area contributed by atoms with Crippen molar-refractivity contribution in [2.24, 2.45) is 5.92 Å². The fourth-order valence-corrected chi connectivity index (χ4v) is 1.36. The van der Waals surface area contributed by atoms with E-state index in [4.69, 9.17) is 0 Å². The van der Waals surface area contributed by atoms with Gasteiger partial charge in [0.25, 0.3) is 5.91 Å². The van der Waals surface area contributed by atoms with Crippen LogP contribution in [0.25, 0.3) is 0 Å². The van der Waals surface area contributed by atoms with Gasteiger partial charge in [0.05, 0.1) is 0 Å². The number of carbonyl (C=O) groups excluding carboxylic acids is 1. The molecule has 2 nitrogen and oxygen atoms in total.